The Morgan fingerprint density at radius 2 is 1.55 bits per heavy atom. The number of carboxylic acid groups (broad SMARTS) is 2. The molecule has 0 amide bonds. The van der Waals surface area contributed by atoms with E-state index in [2.05, 4.69) is 27.7 Å². The van der Waals surface area contributed by atoms with E-state index in [1.54, 1.807) is 6.92 Å². The molecule has 0 aromatic carbocycles. The molecule has 284 valence electrons. The number of hydrogen-bond donors (Lipinski definition) is 3. The zero-order valence-corrected chi connectivity index (χ0v) is 30.3. The Kier molecular flexibility index (Phi) is 9.38. The number of ketones is 1. The zero-order chi connectivity index (χ0) is 38.3. The lowest BCUT2D eigenvalue weighted by Crippen LogP contribution is -2.69. The van der Waals surface area contributed by atoms with E-state index in [-0.39, 0.29) is 57.9 Å². The fraction of sp³-hybridized carbons (Fsp3) is 0.757. The van der Waals surface area contributed by atoms with Gasteiger partial charge in [0.05, 0.1) is 10.8 Å². The number of nitrogens with two attached hydrogens (primary N) is 1. The number of aryl methyl sites for hydroxylation is 1. The van der Waals surface area contributed by atoms with Crippen molar-refractivity contribution in [1.82, 2.24) is 0 Å². The van der Waals surface area contributed by atoms with Gasteiger partial charge in [-0.3, -0.25) is 14.4 Å². The van der Waals surface area contributed by atoms with Crippen molar-refractivity contribution in [3.05, 3.63) is 33.8 Å². The molecule has 1 heterocycles. The molecule has 0 saturated heterocycles. The first-order valence-corrected chi connectivity index (χ1v) is 17.6. The third-order valence-electron chi connectivity index (χ3n) is 14.7. The van der Waals surface area contributed by atoms with Crippen LogP contribution < -0.4 is 11.6 Å². The Morgan fingerprint density at radius 3 is 2.10 bits per heavy atom. The molecular formula is C37H50F3NO10. The van der Waals surface area contributed by atoms with Crippen LogP contribution >= 0.6 is 0 Å². The van der Waals surface area contributed by atoms with Crippen molar-refractivity contribution in [1.29, 1.82) is 0 Å². The number of allylic oxidation sites excluding steroid dienone is 2. The lowest BCUT2D eigenvalue weighted by molar-refractivity contribution is -0.203. The highest BCUT2D eigenvalue weighted by Gasteiger charge is 2.71. The van der Waals surface area contributed by atoms with E-state index in [1.807, 2.05) is 19.9 Å². The second-order valence-corrected chi connectivity index (χ2v) is 17.3. The monoisotopic (exact) mass is 725 g/mol. The predicted octanol–water partition coefficient (Wildman–Crippen LogP) is 6.59. The Bertz CT molecular complexity index is 1710. The normalized spacial score (nSPS) is 41.7. The minimum absolute atomic E-state index is 0.0166. The van der Waals surface area contributed by atoms with E-state index in [0.29, 0.717) is 19.3 Å². The van der Waals surface area contributed by atoms with Gasteiger partial charge in [0.2, 0.25) is 0 Å². The van der Waals surface area contributed by atoms with E-state index >= 15 is 0 Å². The van der Waals surface area contributed by atoms with Crippen LogP contribution in [0.2, 0.25) is 0 Å². The van der Waals surface area contributed by atoms with Crippen molar-refractivity contribution < 1.29 is 56.1 Å². The molecule has 0 spiro atoms. The molecule has 0 bridgehead atoms. The summed E-state index contributed by atoms with van der Waals surface area (Å²) in [6.07, 6.45) is 3.70. The van der Waals surface area contributed by atoms with Gasteiger partial charge in [0.1, 0.15) is 0 Å². The minimum Gasteiger partial charge on any atom is -0.481 e. The lowest BCUT2D eigenvalue weighted by Gasteiger charge is -2.70. The van der Waals surface area contributed by atoms with Crippen LogP contribution in [0.5, 0.6) is 0 Å². The summed E-state index contributed by atoms with van der Waals surface area (Å²) < 4.78 is 47.5. The number of rotatable bonds is 4. The second kappa shape index (κ2) is 12.3. The van der Waals surface area contributed by atoms with Gasteiger partial charge >= 0.3 is 29.9 Å². The number of ether oxygens (including phenoxy) is 1. The van der Waals surface area contributed by atoms with Crippen molar-refractivity contribution in [2.75, 3.05) is 0 Å². The molecule has 4 saturated carbocycles. The fourth-order valence-electron chi connectivity index (χ4n) is 11.2. The van der Waals surface area contributed by atoms with Gasteiger partial charge in [-0.25, -0.2) is 9.59 Å². The van der Waals surface area contributed by atoms with Crippen molar-refractivity contribution >= 4 is 23.7 Å². The molecule has 6 rings (SSSR count). The maximum atomic E-state index is 14.6. The molecule has 10 atom stereocenters. The van der Waals surface area contributed by atoms with E-state index in [9.17, 15) is 37.5 Å². The molecule has 51 heavy (non-hydrogen) atoms. The quantitative estimate of drug-likeness (QED) is 0.284. The average Bonchev–Trinajstić information content (AvgIpc) is 3.35. The van der Waals surface area contributed by atoms with E-state index in [1.165, 1.54) is 0 Å². The third-order valence-corrected chi connectivity index (χ3v) is 14.7. The van der Waals surface area contributed by atoms with Crippen molar-refractivity contribution in [2.24, 2.45) is 56.0 Å². The molecule has 4 N–H and O–H groups in total. The van der Waals surface area contributed by atoms with Gasteiger partial charge in [0, 0.05) is 12.0 Å². The van der Waals surface area contributed by atoms with Gasteiger partial charge in [0.25, 0.3) is 0 Å². The summed E-state index contributed by atoms with van der Waals surface area (Å²) >= 11 is 0. The molecule has 14 heteroatoms. The van der Waals surface area contributed by atoms with Crippen LogP contribution in [0.15, 0.2) is 25.3 Å². The predicted molar refractivity (Wildman–Crippen MR) is 175 cm³/mol. The Morgan fingerprint density at radius 1 is 0.941 bits per heavy atom. The van der Waals surface area contributed by atoms with Gasteiger partial charge in [-0.2, -0.15) is 13.2 Å². The summed E-state index contributed by atoms with van der Waals surface area (Å²) in [7, 11) is 0. The van der Waals surface area contributed by atoms with Gasteiger partial charge in [-0.1, -0.05) is 33.3 Å². The Balaban J connectivity index is 0.000000654. The number of carbonyl (C=O) groups excluding carboxylic acids is 2. The molecule has 5 aliphatic carbocycles. The zero-order valence-electron chi connectivity index (χ0n) is 30.3. The maximum Gasteiger partial charge on any atom is 0.519 e. The molecule has 11 nitrogen and oxygen atoms in total. The first kappa shape index (κ1) is 38.8. The Hall–Kier alpha value is -3.42. The van der Waals surface area contributed by atoms with Crippen molar-refractivity contribution in [3.8, 4) is 0 Å². The summed E-state index contributed by atoms with van der Waals surface area (Å²) in [4.78, 5) is 61.3. The van der Waals surface area contributed by atoms with Crippen molar-refractivity contribution in [2.45, 2.75) is 125 Å². The standard InChI is InChI=1S/C35H49NO8.C2HF3O2/c1-19-23(44-29(41)43-19)18-42-28(40)35(7)24-8-11-34(6)26(32(24,4)10-9-25(35)36)22(37)16-20-21-17-31(3,27(38)39)13-12-30(21,2)14-15-33(20,34)5;3-2(4,5)1(6)7/h16,21,24-26H,8-15,17-18,36H2,1-7H3,(H,38,39);(H,6,7)/t21-,24+,25-,26+,30+,31-,32-,33+,34+,35-;/m0./s1. The summed E-state index contributed by atoms with van der Waals surface area (Å²) in [5.74, 6) is -4.65. The maximum absolute atomic E-state index is 14.6. The van der Waals surface area contributed by atoms with E-state index < -0.39 is 52.2 Å². The first-order valence-electron chi connectivity index (χ1n) is 17.6. The van der Waals surface area contributed by atoms with Crippen LogP contribution in [0.1, 0.15) is 111 Å². The fourth-order valence-corrected chi connectivity index (χ4v) is 11.2. The van der Waals surface area contributed by atoms with Gasteiger partial charge in [-0.05, 0) is 118 Å². The third kappa shape index (κ3) is 5.87. The lowest BCUT2D eigenvalue weighted by atomic mass is 9.33. The minimum atomic E-state index is -5.08. The number of aliphatic carboxylic acids is 2. The summed E-state index contributed by atoms with van der Waals surface area (Å²) in [5, 5.41) is 17.3. The van der Waals surface area contributed by atoms with Crippen LogP contribution in [0.25, 0.3) is 0 Å². The highest BCUT2D eigenvalue weighted by Crippen LogP contribution is 2.75. The number of hydrogen-bond acceptors (Lipinski definition) is 9. The molecule has 0 radical (unpaired) electrons. The van der Waals surface area contributed by atoms with Gasteiger partial charge in [0.15, 0.2) is 23.9 Å². The highest BCUT2D eigenvalue weighted by atomic mass is 19.4. The van der Waals surface area contributed by atoms with Crippen LogP contribution in [0.3, 0.4) is 0 Å². The SMILES string of the molecule is Cc1oc(=O)oc1COC(=O)[C@@]1(C)[C@@H]2CC[C@]3(C)[C@H](C(=O)C=C4[C@@H]5C[C@@](C)(C(=O)O)CC[C@]5(C)CC[C@]43C)[C@@]2(C)CC[C@@H]1N.O=C(O)C(F)(F)F. The van der Waals surface area contributed by atoms with Crippen LogP contribution in [-0.4, -0.2) is 46.1 Å². The van der Waals surface area contributed by atoms with E-state index in [4.69, 9.17) is 29.2 Å². The van der Waals surface area contributed by atoms with E-state index in [0.717, 1.165) is 44.1 Å². The van der Waals surface area contributed by atoms with Crippen LogP contribution in [-0.2, 0) is 30.5 Å². The average molecular weight is 726 g/mol. The van der Waals surface area contributed by atoms with Gasteiger partial charge in [-0.15, -0.1) is 0 Å². The van der Waals surface area contributed by atoms with Crippen molar-refractivity contribution in [3.63, 3.8) is 0 Å². The van der Waals surface area contributed by atoms with Gasteiger partial charge < -0.3 is 29.5 Å². The number of esters is 1. The number of halogens is 3. The number of carbonyl (C=O) groups is 4. The molecule has 0 unspecified atom stereocenters. The highest BCUT2D eigenvalue weighted by molar-refractivity contribution is 5.96. The smallest absolute Gasteiger partial charge is 0.481 e. The number of fused-ring (bicyclic) bond motifs is 7. The largest absolute Gasteiger partial charge is 0.519 e. The molecule has 0 aliphatic heterocycles. The summed E-state index contributed by atoms with van der Waals surface area (Å²) in [5.41, 5.74) is 4.98. The molecule has 5 aliphatic rings. The summed E-state index contributed by atoms with van der Waals surface area (Å²) in [6, 6.07) is -0.443. The molecule has 1 aromatic heterocycles. The first-order chi connectivity index (χ1) is 23.3. The van der Waals surface area contributed by atoms with Crippen LogP contribution in [0, 0.1) is 57.2 Å². The number of carboxylic acids is 2. The topological polar surface area (TPSA) is 187 Å². The number of alkyl halides is 3. The molecule has 4 fully saturated rings. The summed E-state index contributed by atoms with van der Waals surface area (Å²) in [6.45, 7) is 14.2. The molecular weight excluding hydrogens is 675 g/mol. The Labute approximate surface area is 294 Å². The second-order valence-electron chi connectivity index (χ2n) is 17.3. The van der Waals surface area contributed by atoms with Crippen LogP contribution in [0.4, 0.5) is 13.2 Å². The molecule has 1 aromatic rings.